The van der Waals surface area contributed by atoms with Crippen LogP contribution in [0, 0.1) is 6.92 Å². The highest BCUT2D eigenvalue weighted by molar-refractivity contribution is 7.99. The highest BCUT2D eigenvalue weighted by atomic mass is 32.2. The number of thioether (sulfide) groups is 1. The summed E-state index contributed by atoms with van der Waals surface area (Å²) in [7, 11) is 0. The predicted molar refractivity (Wildman–Crippen MR) is 67.5 cm³/mol. The highest BCUT2D eigenvalue weighted by Gasteiger charge is 1.94. The van der Waals surface area contributed by atoms with Crippen LogP contribution in [0.4, 0.5) is 0 Å². The summed E-state index contributed by atoms with van der Waals surface area (Å²) >= 11 is 1.92. The summed E-state index contributed by atoms with van der Waals surface area (Å²) in [6.45, 7) is 2.45. The predicted octanol–water partition coefficient (Wildman–Crippen LogP) is 3.64. The minimum absolute atomic E-state index is 0.338. The van der Waals surface area contributed by atoms with E-state index in [9.17, 15) is 0 Å². The van der Waals surface area contributed by atoms with Crippen molar-refractivity contribution < 1.29 is 5.11 Å². The standard InChI is InChI=1S/C13H20OS/c1-12-6-8-13(9-7-12)15-11-5-3-2-4-10-14/h6-9,14H,2-5,10-11H2,1H3. The van der Waals surface area contributed by atoms with Crippen LogP contribution in [0.3, 0.4) is 0 Å². The number of hydrogen-bond donors (Lipinski definition) is 1. The van der Waals surface area contributed by atoms with E-state index in [1.165, 1.54) is 29.1 Å². The van der Waals surface area contributed by atoms with Gasteiger partial charge in [0, 0.05) is 11.5 Å². The normalized spacial score (nSPS) is 10.5. The van der Waals surface area contributed by atoms with Crippen LogP contribution in [0.1, 0.15) is 31.2 Å². The second-order valence-corrected chi connectivity index (χ2v) is 4.97. The van der Waals surface area contributed by atoms with E-state index in [4.69, 9.17) is 5.11 Å². The molecule has 84 valence electrons. The molecule has 0 saturated heterocycles. The van der Waals surface area contributed by atoms with Crippen molar-refractivity contribution in [1.29, 1.82) is 0 Å². The smallest absolute Gasteiger partial charge is 0.0431 e. The van der Waals surface area contributed by atoms with Crippen molar-refractivity contribution in [3.05, 3.63) is 29.8 Å². The van der Waals surface area contributed by atoms with Gasteiger partial charge in [0.1, 0.15) is 0 Å². The third-order valence-electron chi connectivity index (χ3n) is 2.34. The van der Waals surface area contributed by atoms with Crippen molar-refractivity contribution in [2.24, 2.45) is 0 Å². The summed E-state index contributed by atoms with van der Waals surface area (Å²) in [4.78, 5) is 1.36. The van der Waals surface area contributed by atoms with Gasteiger partial charge in [0.15, 0.2) is 0 Å². The first-order valence-corrected chi connectivity index (χ1v) is 6.62. The Hall–Kier alpha value is -0.470. The number of aliphatic hydroxyl groups excluding tert-OH is 1. The Bertz CT molecular complexity index is 256. The molecular formula is C13H20OS. The molecule has 1 nitrogen and oxygen atoms in total. The molecule has 0 heterocycles. The van der Waals surface area contributed by atoms with E-state index in [2.05, 4.69) is 31.2 Å². The van der Waals surface area contributed by atoms with Crippen molar-refractivity contribution in [2.75, 3.05) is 12.4 Å². The lowest BCUT2D eigenvalue weighted by molar-refractivity contribution is 0.283. The summed E-state index contributed by atoms with van der Waals surface area (Å²) in [5.74, 6) is 1.19. The molecule has 0 aromatic heterocycles. The Morgan fingerprint density at radius 1 is 1.00 bits per heavy atom. The Labute approximate surface area is 96.9 Å². The molecule has 0 spiro atoms. The van der Waals surface area contributed by atoms with Crippen LogP contribution in [0.5, 0.6) is 0 Å². The Morgan fingerprint density at radius 2 is 1.67 bits per heavy atom. The van der Waals surface area contributed by atoms with Gasteiger partial charge in [-0.25, -0.2) is 0 Å². The number of benzene rings is 1. The SMILES string of the molecule is Cc1ccc(SCCCCCCO)cc1. The molecule has 1 N–H and O–H groups in total. The summed E-state index contributed by atoms with van der Waals surface area (Å²) in [6.07, 6.45) is 4.60. The molecule has 0 unspecified atom stereocenters. The third kappa shape index (κ3) is 5.85. The molecule has 15 heavy (non-hydrogen) atoms. The minimum atomic E-state index is 0.338. The number of aliphatic hydroxyl groups is 1. The van der Waals surface area contributed by atoms with Gasteiger partial charge >= 0.3 is 0 Å². The highest BCUT2D eigenvalue weighted by Crippen LogP contribution is 2.19. The second kappa shape index (κ2) is 7.77. The third-order valence-corrected chi connectivity index (χ3v) is 3.44. The van der Waals surface area contributed by atoms with E-state index in [1.54, 1.807) is 0 Å². The average Bonchev–Trinajstić information content (AvgIpc) is 2.26. The van der Waals surface area contributed by atoms with Crippen molar-refractivity contribution in [2.45, 2.75) is 37.5 Å². The fourth-order valence-corrected chi connectivity index (χ4v) is 2.30. The van der Waals surface area contributed by atoms with Crippen LogP contribution in [-0.2, 0) is 0 Å². The number of unbranched alkanes of at least 4 members (excludes halogenated alkanes) is 3. The maximum absolute atomic E-state index is 8.62. The summed E-state index contributed by atoms with van der Waals surface area (Å²) in [6, 6.07) is 8.70. The van der Waals surface area contributed by atoms with Gasteiger partial charge in [-0.3, -0.25) is 0 Å². The first-order chi connectivity index (χ1) is 7.33. The van der Waals surface area contributed by atoms with Gasteiger partial charge in [0.25, 0.3) is 0 Å². The van der Waals surface area contributed by atoms with E-state index in [0.717, 1.165) is 12.8 Å². The van der Waals surface area contributed by atoms with Gasteiger partial charge in [0.2, 0.25) is 0 Å². The van der Waals surface area contributed by atoms with Gasteiger partial charge < -0.3 is 5.11 Å². The van der Waals surface area contributed by atoms with Crippen LogP contribution in [0.2, 0.25) is 0 Å². The molecule has 1 aromatic rings. The molecule has 1 aromatic carbocycles. The molecule has 0 amide bonds. The van der Waals surface area contributed by atoms with Crippen LogP contribution in [0.15, 0.2) is 29.2 Å². The zero-order valence-electron chi connectivity index (χ0n) is 9.41. The lowest BCUT2D eigenvalue weighted by Gasteiger charge is -2.02. The summed E-state index contributed by atoms with van der Waals surface area (Å²) < 4.78 is 0. The zero-order chi connectivity index (χ0) is 10.9. The van der Waals surface area contributed by atoms with E-state index in [1.807, 2.05) is 11.8 Å². The molecule has 0 radical (unpaired) electrons. The molecular weight excluding hydrogens is 204 g/mol. The van der Waals surface area contributed by atoms with Gasteiger partial charge in [-0.15, -0.1) is 11.8 Å². The molecule has 1 rings (SSSR count). The lowest BCUT2D eigenvalue weighted by Crippen LogP contribution is -1.85. The maximum Gasteiger partial charge on any atom is 0.0431 e. The molecule has 0 bridgehead atoms. The number of hydrogen-bond acceptors (Lipinski definition) is 2. The average molecular weight is 224 g/mol. The van der Waals surface area contributed by atoms with Crippen LogP contribution < -0.4 is 0 Å². The van der Waals surface area contributed by atoms with Gasteiger partial charge in [-0.05, 0) is 37.7 Å². The fraction of sp³-hybridized carbons (Fsp3) is 0.538. The van der Waals surface area contributed by atoms with E-state index >= 15 is 0 Å². The van der Waals surface area contributed by atoms with Crippen molar-refractivity contribution in [1.82, 2.24) is 0 Å². The van der Waals surface area contributed by atoms with E-state index < -0.39 is 0 Å². The van der Waals surface area contributed by atoms with Crippen LogP contribution in [0.25, 0.3) is 0 Å². The fourth-order valence-electron chi connectivity index (χ4n) is 1.39. The maximum atomic E-state index is 8.62. The van der Waals surface area contributed by atoms with E-state index in [-0.39, 0.29) is 0 Å². The van der Waals surface area contributed by atoms with Gasteiger partial charge in [0.05, 0.1) is 0 Å². The molecule has 0 aliphatic heterocycles. The first-order valence-electron chi connectivity index (χ1n) is 5.63. The second-order valence-electron chi connectivity index (χ2n) is 3.80. The minimum Gasteiger partial charge on any atom is -0.396 e. The molecule has 0 atom stereocenters. The van der Waals surface area contributed by atoms with Gasteiger partial charge in [-0.2, -0.15) is 0 Å². The first kappa shape index (κ1) is 12.6. The Kier molecular flexibility index (Phi) is 6.53. The molecule has 0 saturated carbocycles. The lowest BCUT2D eigenvalue weighted by atomic mass is 10.2. The monoisotopic (exact) mass is 224 g/mol. The largest absolute Gasteiger partial charge is 0.396 e. The molecule has 0 aliphatic carbocycles. The molecule has 0 fully saturated rings. The number of aryl methyl sites for hydroxylation is 1. The van der Waals surface area contributed by atoms with Crippen molar-refractivity contribution in [3.63, 3.8) is 0 Å². The van der Waals surface area contributed by atoms with Crippen molar-refractivity contribution >= 4 is 11.8 Å². The zero-order valence-corrected chi connectivity index (χ0v) is 10.2. The Morgan fingerprint density at radius 3 is 2.33 bits per heavy atom. The number of rotatable bonds is 7. The summed E-state index contributed by atoms with van der Waals surface area (Å²) in [5.41, 5.74) is 1.32. The van der Waals surface area contributed by atoms with Crippen LogP contribution in [-0.4, -0.2) is 17.5 Å². The van der Waals surface area contributed by atoms with Crippen LogP contribution >= 0.6 is 11.8 Å². The van der Waals surface area contributed by atoms with E-state index in [0.29, 0.717) is 6.61 Å². The topological polar surface area (TPSA) is 20.2 Å². The summed E-state index contributed by atoms with van der Waals surface area (Å²) in [5, 5.41) is 8.62. The molecule has 0 aliphatic rings. The quantitative estimate of drug-likeness (QED) is 0.563. The van der Waals surface area contributed by atoms with Crippen molar-refractivity contribution in [3.8, 4) is 0 Å². The molecule has 2 heteroatoms. The Balaban J connectivity index is 2.07. The van der Waals surface area contributed by atoms with Gasteiger partial charge in [-0.1, -0.05) is 30.5 Å².